The van der Waals surface area contributed by atoms with Crippen molar-refractivity contribution in [2.24, 2.45) is 4.99 Å². The minimum absolute atomic E-state index is 0.0779. The summed E-state index contributed by atoms with van der Waals surface area (Å²) in [6.07, 6.45) is -0.250. The number of rotatable bonds is 5. The van der Waals surface area contributed by atoms with E-state index in [0.29, 0.717) is 0 Å². The number of aliphatic imine (C=N–C) groups is 1. The van der Waals surface area contributed by atoms with Gasteiger partial charge in [0.2, 0.25) is 0 Å². The van der Waals surface area contributed by atoms with Crippen molar-refractivity contribution < 1.29 is 0 Å². The van der Waals surface area contributed by atoms with Gasteiger partial charge in [-0.1, -0.05) is 146 Å². The Morgan fingerprint density at radius 2 is 1.11 bits per heavy atom. The van der Waals surface area contributed by atoms with Gasteiger partial charge in [0.25, 0.3) is 0 Å². The Hall–Kier alpha value is -6.57. The molecule has 0 aliphatic carbocycles. The van der Waals surface area contributed by atoms with Crippen LogP contribution < -0.4 is 10.6 Å². The van der Waals surface area contributed by atoms with Crippen molar-refractivity contribution in [1.82, 2.24) is 15.2 Å². The summed E-state index contributed by atoms with van der Waals surface area (Å²) in [5.41, 5.74) is 9.63. The first-order valence-electron chi connectivity index (χ1n) is 19.4. The SMILES string of the molecule is c1ccc(C2N=C(c3ccc4c(c3)sc3cccc(-c5cccc6c5sc5cccc(-n7c8ccccc8c8ccccc87)c56)c34)NC(c3ccccc3)N2)cc1. The highest BCUT2D eigenvalue weighted by Gasteiger charge is 2.26. The minimum Gasteiger partial charge on any atom is -0.350 e. The van der Waals surface area contributed by atoms with Gasteiger partial charge in [-0.2, -0.15) is 0 Å². The monoisotopic (exact) mass is 766 g/mol. The lowest BCUT2D eigenvalue weighted by Crippen LogP contribution is -2.44. The quantitative estimate of drug-likeness (QED) is 0.183. The predicted molar refractivity (Wildman–Crippen MR) is 243 cm³/mol. The lowest BCUT2D eigenvalue weighted by molar-refractivity contribution is 0.409. The molecule has 4 nitrogen and oxygen atoms in total. The van der Waals surface area contributed by atoms with Gasteiger partial charge < -0.3 is 9.88 Å². The van der Waals surface area contributed by atoms with E-state index in [1.807, 2.05) is 22.7 Å². The van der Waals surface area contributed by atoms with E-state index in [4.69, 9.17) is 4.99 Å². The van der Waals surface area contributed by atoms with Gasteiger partial charge in [0.15, 0.2) is 0 Å². The van der Waals surface area contributed by atoms with Crippen molar-refractivity contribution in [3.8, 4) is 16.8 Å². The molecule has 0 amide bonds. The van der Waals surface area contributed by atoms with Gasteiger partial charge in [0.05, 0.1) is 16.7 Å². The molecule has 6 heteroatoms. The van der Waals surface area contributed by atoms with E-state index in [2.05, 4.69) is 197 Å². The zero-order chi connectivity index (χ0) is 37.5. The van der Waals surface area contributed by atoms with Gasteiger partial charge in [-0.15, -0.1) is 22.7 Å². The Labute approximate surface area is 337 Å². The smallest absolute Gasteiger partial charge is 0.131 e. The summed E-state index contributed by atoms with van der Waals surface area (Å²) >= 11 is 3.76. The highest BCUT2D eigenvalue weighted by atomic mass is 32.1. The fourth-order valence-electron chi connectivity index (χ4n) is 8.94. The largest absolute Gasteiger partial charge is 0.350 e. The molecule has 57 heavy (non-hydrogen) atoms. The van der Waals surface area contributed by atoms with Gasteiger partial charge >= 0.3 is 0 Å². The van der Waals surface area contributed by atoms with Crippen molar-refractivity contribution in [3.63, 3.8) is 0 Å². The summed E-state index contributed by atoms with van der Waals surface area (Å²) < 4.78 is 7.61. The molecule has 2 N–H and O–H groups in total. The van der Waals surface area contributed by atoms with E-state index in [9.17, 15) is 0 Å². The second-order valence-electron chi connectivity index (χ2n) is 14.7. The second-order valence-corrected chi connectivity index (χ2v) is 16.9. The highest BCUT2D eigenvalue weighted by molar-refractivity contribution is 7.27. The summed E-state index contributed by atoms with van der Waals surface area (Å²) in [4.78, 5) is 5.24. The number of fused-ring (bicyclic) bond motifs is 9. The topological polar surface area (TPSA) is 41.4 Å². The summed E-state index contributed by atoms with van der Waals surface area (Å²) in [5, 5.41) is 15.2. The number of nitrogens with one attached hydrogen (secondary N) is 2. The third-order valence-electron chi connectivity index (χ3n) is 11.5. The first-order valence-corrected chi connectivity index (χ1v) is 21.0. The van der Waals surface area contributed by atoms with E-state index in [1.165, 1.54) is 84.5 Å². The van der Waals surface area contributed by atoms with Crippen molar-refractivity contribution in [2.45, 2.75) is 12.3 Å². The Bertz CT molecular complexity index is 3320. The van der Waals surface area contributed by atoms with Crippen LogP contribution >= 0.6 is 22.7 Å². The molecule has 0 saturated carbocycles. The maximum atomic E-state index is 5.24. The average Bonchev–Trinajstić information content (AvgIpc) is 3.96. The summed E-state index contributed by atoms with van der Waals surface area (Å²) in [7, 11) is 0. The minimum atomic E-state index is -0.172. The molecule has 270 valence electrons. The number of benzene rings is 8. The van der Waals surface area contributed by atoms with Crippen LogP contribution in [0.1, 0.15) is 29.0 Å². The van der Waals surface area contributed by atoms with E-state index >= 15 is 0 Å². The normalized spacial score (nSPS) is 15.9. The zero-order valence-electron chi connectivity index (χ0n) is 30.7. The fourth-order valence-corrected chi connectivity index (χ4v) is 11.4. The zero-order valence-corrected chi connectivity index (χ0v) is 32.3. The molecule has 11 aromatic rings. The maximum Gasteiger partial charge on any atom is 0.131 e. The number of amidine groups is 1. The molecule has 3 aromatic heterocycles. The van der Waals surface area contributed by atoms with Crippen molar-refractivity contribution >= 4 is 90.7 Å². The number of thiophene rings is 2. The highest BCUT2D eigenvalue weighted by Crippen LogP contribution is 2.47. The molecule has 4 heterocycles. The van der Waals surface area contributed by atoms with Gasteiger partial charge in [-0.3, -0.25) is 5.32 Å². The van der Waals surface area contributed by atoms with Crippen molar-refractivity contribution in [1.29, 1.82) is 0 Å². The fraction of sp³-hybridized carbons (Fsp3) is 0.0392. The molecule has 8 aromatic carbocycles. The summed E-state index contributed by atoms with van der Waals surface area (Å²) in [6.45, 7) is 0. The first kappa shape index (κ1) is 32.7. The molecule has 0 radical (unpaired) electrons. The number of nitrogens with zero attached hydrogens (tertiary/aromatic N) is 2. The van der Waals surface area contributed by atoms with Crippen LogP contribution in [-0.2, 0) is 0 Å². The molecule has 0 saturated heterocycles. The maximum absolute atomic E-state index is 5.24. The Balaban J connectivity index is 1.01. The van der Waals surface area contributed by atoms with Crippen molar-refractivity contribution in [3.05, 3.63) is 199 Å². The Kier molecular flexibility index (Phi) is 7.45. The van der Waals surface area contributed by atoms with Gasteiger partial charge in [-0.05, 0) is 53.1 Å². The van der Waals surface area contributed by atoms with Crippen molar-refractivity contribution in [2.75, 3.05) is 0 Å². The molecule has 0 fully saturated rings. The van der Waals surface area contributed by atoms with Crippen LogP contribution in [0.2, 0.25) is 0 Å². The third-order valence-corrected chi connectivity index (χ3v) is 13.8. The second kappa shape index (κ2) is 13.0. The van der Waals surface area contributed by atoms with Crippen LogP contribution in [0.4, 0.5) is 0 Å². The Morgan fingerprint density at radius 1 is 0.474 bits per heavy atom. The molecule has 0 spiro atoms. The van der Waals surface area contributed by atoms with Crippen LogP contribution in [0, 0.1) is 0 Å². The molecule has 1 aliphatic rings. The molecular weight excluding hydrogens is 733 g/mol. The number of hydrogen-bond acceptors (Lipinski definition) is 5. The van der Waals surface area contributed by atoms with E-state index in [1.54, 1.807) is 0 Å². The Morgan fingerprint density at radius 3 is 1.88 bits per heavy atom. The van der Waals surface area contributed by atoms with Gasteiger partial charge in [0.1, 0.15) is 18.2 Å². The number of para-hydroxylation sites is 2. The van der Waals surface area contributed by atoms with Crippen LogP contribution in [0.25, 0.3) is 79.0 Å². The van der Waals surface area contributed by atoms with E-state index in [-0.39, 0.29) is 12.3 Å². The summed E-state index contributed by atoms with van der Waals surface area (Å²) in [6, 6.07) is 65.9. The van der Waals surface area contributed by atoms with E-state index < -0.39 is 0 Å². The standard InChI is InChI=1S/C51H34N4S2/c1-3-14-31(15-4-1)49-52-50(32-16-5-2-6-17-32)54-51(53-49)33-28-29-38-45(30-33)56-43-26-12-20-36(46(38)43)37-21-11-22-39-47-42(25-13-27-44(47)57-48(37)39)55-40-23-9-7-18-34(40)35-19-8-10-24-41(35)55/h1-30,49-50,52H,(H,53,54). The molecular formula is C51H34N4S2. The van der Waals surface area contributed by atoms with Crippen LogP contribution in [0.15, 0.2) is 187 Å². The number of hydrogen-bond donors (Lipinski definition) is 2. The average molecular weight is 767 g/mol. The van der Waals surface area contributed by atoms with Crippen LogP contribution in [0.3, 0.4) is 0 Å². The molecule has 0 bridgehead atoms. The molecule has 12 rings (SSSR count). The van der Waals surface area contributed by atoms with Gasteiger partial charge in [-0.25, -0.2) is 4.99 Å². The van der Waals surface area contributed by atoms with E-state index in [0.717, 1.165) is 17.0 Å². The molecule has 1 aliphatic heterocycles. The lowest BCUT2D eigenvalue weighted by Gasteiger charge is -2.32. The predicted octanol–water partition coefficient (Wildman–Crippen LogP) is 13.5. The molecule has 2 unspecified atom stereocenters. The first-order chi connectivity index (χ1) is 28.3. The van der Waals surface area contributed by atoms with Crippen LogP contribution in [0.5, 0.6) is 0 Å². The number of aromatic nitrogens is 1. The third kappa shape index (κ3) is 5.19. The summed E-state index contributed by atoms with van der Waals surface area (Å²) in [5.74, 6) is 0.894. The van der Waals surface area contributed by atoms with Crippen LogP contribution in [-0.4, -0.2) is 10.4 Å². The molecule has 2 atom stereocenters. The van der Waals surface area contributed by atoms with Gasteiger partial charge in [0, 0.05) is 62.2 Å². The lowest BCUT2D eigenvalue weighted by atomic mass is 9.97.